The molecule has 38 heavy (non-hydrogen) atoms. The number of nitrogen functional groups attached to an aromatic ring is 1. The molecule has 1 saturated carbocycles. The molecule has 7 nitrogen and oxygen atoms in total. The molecule has 2 aromatic heterocycles. The molecule has 4 heterocycles. The highest BCUT2D eigenvalue weighted by Gasteiger charge is 2.53. The summed E-state index contributed by atoms with van der Waals surface area (Å²) in [5, 5.41) is 1.36. The first kappa shape index (κ1) is 24.8. The molecule has 2 fully saturated rings. The molecule has 2 aliphatic heterocycles. The van der Waals surface area contributed by atoms with E-state index in [9.17, 15) is 4.21 Å². The standard InChI is InChI=1S/C28H31ClN6OS2/c1-27(2)18-5-3-4-17-14-28(24(21(17)18)34-38(27)36)9-12-35(13-10-28)20-15-32-26(25(30)33-20)37-19-8-11-31-23(22(19)29)16-6-7-16/h3-5,8,11,15-16,24,34H,6-7,9-10,12-14H2,1-2H3,(H2,30,33)/t24-,38?/m1/s1. The maximum atomic E-state index is 13.2. The number of hydrogen-bond acceptors (Lipinski definition) is 7. The molecular formula is C28H31ClN6OS2. The van der Waals surface area contributed by atoms with Gasteiger partial charge in [0.2, 0.25) is 0 Å². The molecule has 3 aromatic rings. The van der Waals surface area contributed by atoms with Crippen LogP contribution in [0, 0.1) is 5.41 Å². The van der Waals surface area contributed by atoms with Gasteiger partial charge in [0.25, 0.3) is 0 Å². The largest absolute Gasteiger partial charge is 0.381 e. The van der Waals surface area contributed by atoms with Gasteiger partial charge in [-0.1, -0.05) is 41.6 Å². The van der Waals surface area contributed by atoms with Crippen LogP contribution >= 0.6 is 23.4 Å². The molecule has 2 aliphatic carbocycles. The average molecular weight is 567 g/mol. The van der Waals surface area contributed by atoms with E-state index >= 15 is 0 Å². The van der Waals surface area contributed by atoms with Crippen molar-refractivity contribution < 1.29 is 4.21 Å². The van der Waals surface area contributed by atoms with Gasteiger partial charge >= 0.3 is 0 Å². The summed E-state index contributed by atoms with van der Waals surface area (Å²) >= 11 is 8.10. The molecule has 3 N–H and O–H groups in total. The van der Waals surface area contributed by atoms with E-state index in [2.05, 4.69) is 51.6 Å². The fraction of sp³-hybridized carbons (Fsp3) is 0.464. The summed E-state index contributed by atoms with van der Waals surface area (Å²) in [6.07, 6.45) is 8.93. The summed E-state index contributed by atoms with van der Waals surface area (Å²) in [7, 11) is -1.12. The number of aromatic nitrogens is 3. The number of piperidine rings is 1. The van der Waals surface area contributed by atoms with Gasteiger partial charge in [-0.15, -0.1) is 0 Å². The first-order chi connectivity index (χ1) is 18.3. The molecule has 198 valence electrons. The Balaban J connectivity index is 1.09. The van der Waals surface area contributed by atoms with Gasteiger partial charge in [-0.2, -0.15) is 0 Å². The Morgan fingerprint density at radius 2 is 1.97 bits per heavy atom. The number of rotatable bonds is 4. The first-order valence-electron chi connectivity index (χ1n) is 13.3. The molecule has 1 unspecified atom stereocenters. The van der Waals surface area contributed by atoms with Gasteiger partial charge in [-0.25, -0.2) is 18.9 Å². The van der Waals surface area contributed by atoms with Gasteiger partial charge in [0.05, 0.1) is 27.7 Å². The van der Waals surface area contributed by atoms with Crippen LogP contribution in [0.4, 0.5) is 11.6 Å². The quantitative estimate of drug-likeness (QED) is 0.429. The van der Waals surface area contributed by atoms with Crippen molar-refractivity contribution in [1.29, 1.82) is 0 Å². The zero-order valence-electron chi connectivity index (χ0n) is 21.5. The number of benzene rings is 1. The molecule has 0 amide bonds. The molecular weight excluding hydrogens is 536 g/mol. The van der Waals surface area contributed by atoms with Crippen molar-refractivity contribution in [1.82, 2.24) is 19.7 Å². The third kappa shape index (κ3) is 3.88. The van der Waals surface area contributed by atoms with E-state index < -0.39 is 11.0 Å². The Morgan fingerprint density at radius 1 is 1.18 bits per heavy atom. The third-order valence-electron chi connectivity index (χ3n) is 8.86. The number of nitrogens with zero attached hydrogens (tertiary/aromatic N) is 4. The molecule has 1 aromatic carbocycles. The predicted molar refractivity (Wildman–Crippen MR) is 153 cm³/mol. The van der Waals surface area contributed by atoms with Crippen molar-refractivity contribution in [3.8, 4) is 0 Å². The number of anilines is 2. The van der Waals surface area contributed by atoms with Gasteiger partial charge in [0.15, 0.2) is 5.82 Å². The molecule has 1 spiro atoms. The van der Waals surface area contributed by atoms with E-state index in [-0.39, 0.29) is 16.2 Å². The second-order valence-corrected chi connectivity index (χ2v) is 14.7. The molecule has 0 bridgehead atoms. The van der Waals surface area contributed by atoms with Crippen LogP contribution < -0.4 is 15.4 Å². The zero-order valence-corrected chi connectivity index (χ0v) is 23.9. The molecule has 0 radical (unpaired) electrons. The van der Waals surface area contributed by atoms with Gasteiger partial charge in [-0.3, -0.25) is 4.98 Å². The van der Waals surface area contributed by atoms with Crippen LogP contribution in [-0.4, -0.2) is 32.3 Å². The number of halogens is 1. The number of fused-ring (bicyclic) bond motifs is 1. The molecule has 7 rings (SSSR count). The molecule has 2 atom stereocenters. The van der Waals surface area contributed by atoms with Gasteiger partial charge < -0.3 is 10.6 Å². The number of hydrogen-bond donors (Lipinski definition) is 2. The number of nitrogens with two attached hydrogens (primary N) is 1. The second-order valence-electron chi connectivity index (χ2n) is 11.5. The summed E-state index contributed by atoms with van der Waals surface area (Å²) in [6, 6.07) is 8.60. The lowest BCUT2D eigenvalue weighted by atomic mass is 9.72. The highest BCUT2D eigenvalue weighted by Crippen LogP contribution is 2.57. The Kier molecular flexibility index (Phi) is 5.82. The predicted octanol–water partition coefficient (Wildman–Crippen LogP) is 5.52. The average Bonchev–Trinajstić information content (AvgIpc) is 3.70. The SMILES string of the molecule is CC1(C)c2cccc3c2[C@@H](NS1=O)C1(CCN(c2cnc(Sc4ccnc(C5CC5)c4Cl)c(N)n2)CC1)C3. The third-order valence-corrected chi connectivity index (χ3v) is 12.0. The van der Waals surface area contributed by atoms with E-state index in [0.717, 1.165) is 61.6 Å². The lowest BCUT2D eigenvalue weighted by molar-refractivity contribution is 0.175. The van der Waals surface area contributed by atoms with Crippen molar-refractivity contribution in [2.24, 2.45) is 5.41 Å². The molecule has 10 heteroatoms. The topological polar surface area (TPSA) is 97.0 Å². The van der Waals surface area contributed by atoms with Crippen molar-refractivity contribution in [2.75, 3.05) is 23.7 Å². The van der Waals surface area contributed by atoms with Crippen LogP contribution in [-0.2, 0) is 22.2 Å². The normalized spacial score (nSPS) is 25.0. The van der Waals surface area contributed by atoms with E-state index in [0.29, 0.717) is 21.8 Å². The fourth-order valence-electron chi connectivity index (χ4n) is 6.48. The van der Waals surface area contributed by atoms with Crippen LogP contribution in [0.3, 0.4) is 0 Å². The Labute approximate surface area is 235 Å². The minimum atomic E-state index is -1.12. The first-order valence-corrected chi connectivity index (χ1v) is 15.6. The summed E-state index contributed by atoms with van der Waals surface area (Å²) in [5.74, 6) is 1.70. The van der Waals surface area contributed by atoms with Crippen molar-refractivity contribution >= 4 is 46.0 Å². The smallest absolute Gasteiger partial charge is 0.158 e. The van der Waals surface area contributed by atoms with Crippen LogP contribution in [0.5, 0.6) is 0 Å². The molecule has 1 saturated heterocycles. The Bertz CT molecular complexity index is 1470. The monoisotopic (exact) mass is 566 g/mol. The van der Waals surface area contributed by atoms with E-state index in [1.54, 1.807) is 0 Å². The lowest BCUT2D eigenvalue weighted by Gasteiger charge is -2.46. The van der Waals surface area contributed by atoms with Crippen molar-refractivity contribution in [3.63, 3.8) is 0 Å². The minimum Gasteiger partial charge on any atom is -0.381 e. The van der Waals surface area contributed by atoms with Crippen molar-refractivity contribution in [3.05, 3.63) is 64.1 Å². The molecule has 4 aliphatic rings. The summed E-state index contributed by atoms with van der Waals surface area (Å²) in [6.45, 7) is 5.88. The minimum absolute atomic E-state index is 0.0627. The van der Waals surface area contributed by atoms with Crippen LogP contribution in [0.25, 0.3) is 0 Å². The van der Waals surface area contributed by atoms with Crippen LogP contribution in [0.15, 0.2) is 46.6 Å². The van der Waals surface area contributed by atoms with Gasteiger partial charge in [-0.05, 0) is 74.1 Å². The van der Waals surface area contributed by atoms with E-state index in [1.165, 1.54) is 28.5 Å². The van der Waals surface area contributed by atoms with Crippen LogP contribution in [0.1, 0.15) is 73.9 Å². The highest BCUT2D eigenvalue weighted by molar-refractivity contribution is 7.99. The van der Waals surface area contributed by atoms with Crippen LogP contribution in [0.2, 0.25) is 5.02 Å². The zero-order chi connectivity index (χ0) is 26.2. The summed E-state index contributed by atoms with van der Waals surface area (Å²) < 4.78 is 16.3. The Morgan fingerprint density at radius 3 is 2.71 bits per heavy atom. The number of nitrogens with one attached hydrogen (secondary N) is 1. The lowest BCUT2D eigenvalue weighted by Crippen LogP contribution is -2.50. The second kappa shape index (κ2) is 8.91. The van der Waals surface area contributed by atoms with Gasteiger partial charge in [0.1, 0.15) is 21.8 Å². The fourth-order valence-corrected chi connectivity index (χ4v) is 8.91. The van der Waals surface area contributed by atoms with Gasteiger partial charge in [0, 0.05) is 30.1 Å². The maximum Gasteiger partial charge on any atom is 0.158 e. The maximum absolute atomic E-state index is 13.2. The van der Waals surface area contributed by atoms with Crippen molar-refractivity contribution in [2.45, 2.75) is 72.6 Å². The summed E-state index contributed by atoms with van der Waals surface area (Å²) in [5.41, 5.74) is 11.5. The Hall–Kier alpha value is -2.20. The number of pyridine rings is 1. The van der Waals surface area contributed by atoms with E-state index in [4.69, 9.17) is 22.3 Å². The highest BCUT2D eigenvalue weighted by atomic mass is 35.5. The van der Waals surface area contributed by atoms with E-state index in [1.807, 2.05) is 18.5 Å². The summed E-state index contributed by atoms with van der Waals surface area (Å²) in [4.78, 5) is 17.1.